The predicted octanol–water partition coefficient (Wildman–Crippen LogP) is 1.52. The molecule has 0 unspecified atom stereocenters. The van der Waals surface area contributed by atoms with E-state index in [1.54, 1.807) is 0 Å². The van der Waals surface area contributed by atoms with Crippen LogP contribution in [0.5, 0.6) is 0 Å². The van der Waals surface area contributed by atoms with Crippen molar-refractivity contribution in [1.82, 2.24) is 4.90 Å². The first-order valence-electron chi connectivity index (χ1n) is 3.11. The largest absolute Gasteiger partial charge is 0.305 e. The van der Waals surface area contributed by atoms with Crippen molar-refractivity contribution in [2.75, 3.05) is 20.1 Å². The van der Waals surface area contributed by atoms with E-state index in [0.29, 0.717) is 0 Å². The highest BCUT2D eigenvalue weighted by Crippen LogP contribution is 2.15. The smallest absolute Gasteiger partial charge is 0.0237 e. The molecule has 8 heavy (non-hydrogen) atoms. The zero-order chi connectivity index (χ0) is 5.98. The second kappa shape index (κ2) is 3.01. The molecule has 0 aromatic heterocycles. The first-order chi connectivity index (χ1) is 3.79. The monoisotopic (exact) mass is 225 g/mol. The minimum atomic E-state index is 0.909. The van der Waals surface area contributed by atoms with Gasteiger partial charge < -0.3 is 4.90 Å². The molecule has 0 bridgehead atoms. The molecule has 1 atom stereocenters. The third-order valence-corrected chi connectivity index (χ3v) is 2.58. The Bertz CT molecular complexity index is 66.9. The maximum absolute atomic E-state index is 2.53. The maximum atomic E-state index is 2.53. The molecule has 2 heteroatoms. The molecular formula is C6H12IN. The maximum Gasteiger partial charge on any atom is 0.0237 e. The molecule has 1 nitrogen and oxygen atoms in total. The highest BCUT2D eigenvalue weighted by molar-refractivity contribution is 14.1. The molecule has 0 N–H and O–H groups in total. The Balaban J connectivity index is 2.23. The van der Waals surface area contributed by atoms with Gasteiger partial charge in [-0.1, -0.05) is 22.6 Å². The summed E-state index contributed by atoms with van der Waals surface area (Å²) in [5.74, 6) is 0. The van der Waals surface area contributed by atoms with E-state index in [9.17, 15) is 0 Å². The average Bonchev–Trinajstić information content (AvgIpc) is 1.64. The van der Waals surface area contributed by atoms with E-state index in [0.717, 1.165) is 3.92 Å². The molecule has 48 valence electrons. The van der Waals surface area contributed by atoms with E-state index >= 15 is 0 Å². The molecule has 0 spiro atoms. The molecule has 1 fully saturated rings. The summed E-state index contributed by atoms with van der Waals surface area (Å²) < 4.78 is 0.909. The predicted molar refractivity (Wildman–Crippen MR) is 44.5 cm³/mol. The summed E-state index contributed by atoms with van der Waals surface area (Å²) in [4.78, 5) is 2.40. The van der Waals surface area contributed by atoms with Crippen LogP contribution in [0, 0.1) is 0 Å². The topological polar surface area (TPSA) is 3.24 Å². The highest BCUT2D eigenvalue weighted by atomic mass is 127. The van der Waals surface area contributed by atoms with Crippen molar-refractivity contribution in [2.24, 2.45) is 0 Å². The van der Waals surface area contributed by atoms with E-state index < -0.39 is 0 Å². The van der Waals surface area contributed by atoms with Crippen molar-refractivity contribution in [3.63, 3.8) is 0 Å². The van der Waals surface area contributed by atoms with Crippen LogP contribution in [0.25, 0.3) is 0 Å². The Morgan fingerprint density at radius 2 is 2.38 bits per heavy atom. The van der Waals surface area contributed by atoms with E-state index in [4.69, 9.17) is 0 Å². The van der Waals surface area contributed by atoms with Crippen LogP contribution >= 0.6 is 22.6 Å². The molecule has 0 aromatic rings. The van der Waals surface area contributed by atoms with E-state index in [2.05, 4.69) is 34.5 Å². The molecule has 1 heterocycles. The number of nitrogens with zero attached hydrogens (tertiary/aromatic N) is 1. The van der Waals surface area contributed by atoms with Crippen molar-refractivity contribution < 1.29 is 0 Å². The fourth-order valence-corrected chi connectivity index (χ4v) is 2.22. The summed E-state index contributed by atoms with van der Waals surface area (Å²) in [5, 5.41) is 0. The Labute approximate surface area is 64.6 Å². The minimum Gasteiger partial charge on any atom is -0.305 e. The van der Waals surface area contributed by atoms with Crippen LogP contribution in [0.4, 0.5) is 0 Å². The van der Waals surface area contributed by atoms with Gasteiger partial charge in [0, 0.05) is 10.5 Å². The summed E-state index contributed by atoms with van der Waals surface area (Å²) in [6.45, 7) is 2.60. The molecular weight excluding hydrogens is 213 g/mol. The Kier molecular flexibility index (Phi) is 2.56. The third-order valence-electron chi connectivity index (χ3n) is 1.57. The van der Waals surface area contributed by atoms with Gasteiger partial charge in [0.2, 0.25) is 0 Å². The van der Waals surface area contributed by atoms with Gasteiger partial charge in [0.1, 0.15) is 0 Å². The Hall–Kier alpha value is 0.690. The van der Waals surface area contributed by atoms with Crippen molar-refractivity contribution in [1.29, 1.82) is 0 Å². The summed E-state index contributed by atoms with van der Waals surface area (Å²) in [6.07, 6.45) is 2.81. The number of hydrogen-bond donors (Lipinski definition) is 0. The van der Waals surface area contributed by atoms with Crippen molar-refractivity contribution >= 4 is 22.6 Å². The highest BCUT2D eigenvalue weighted by Gasteiger charge is 2.12. The number of piperidine rings is 1. The molecule has 1 aliphatic heterocycles. The lowest BCUT2D eigenvalue weighted by Crippen LogP contribution is -2.31. The van der Waals surface area contributed by atoms with Gasteiger partial charge in [-0.3, -0.25) is 0 Å². The zero-order valence-corrected chi connectivity index (χ0v) is 7.39. The lowest BCUT2D eigenvalue weighted by Gasteiger charge is -2.25. The second-order valence-corrected chi connectivity index (χ2v) is 4.26. The molecule has 1 rings (SSSR count). The zero-order valence-electron chi connectivity index (χ0n) is 5.23. The van der Waals surface area contributed by atoms with Crippen LogP contribution in [0.3, 0.4) is 0 Å². The van der Waals surface area contributed by atoms with Gasteiger partial charge in [-0.05, 0) is 26.4 Å². The molecule has 0 radical (unpaired) electrons. The Morgan fingerprint density at radius 3 is 2.75 bits per heavy atom. The van der Waals surface area contributed by atoms with Crippen LogP contribution in [-0.2, 0) is 0 Å². The Morgan fingerprint density at radius 1 is 1.62 bits per heavy atom. The summed E-state index contributed by atoms with van der Waals surface area (Å²) in [6, 6.07) is 0. The average molecular weight is 225 g/mol. The van der Waals surface area contributed by atoms with E-state index in [1.165, 1.54) is 25.9 Å². The first kappa shape index (κ1) is 6.81. The fraction of sp³-hybridized carbons (Fsp3) is 1.00. The van der Waals surface area contributed by atoms with Gasteiger partial charge >= 0.3 is 0 Å². The molecule has 0 saturated carbocycles. The van der Waals surface area contributed by atoms with Crippen molar-refractivity contribution in [2.45, 2.75) is 16.8 Å². The van der Waals surface area contributed by atoms with Crippen LogP contribution in [0.15, 0.2) is 0 Å². The lowest BCUT2D eigenvalue weighted by atomic mass is 10.1. The lowest BCUT2D eigenvalue weighted by molar-refractivity contribution is 0.288. The fourth-order valence-electron chi connectivity index (χ4n) is 1.10. The number of rotatable bonds is 0. The van der Waals surface area contributed by atoms with Crippen molar-refractivity contribution in [3.8, 4) is 0 Å². The van der Waals surface area contributed by atoms with Crippen LogP contribution < -0.4 is 0 Å². The van der Waals surface area contributed by atoms with Crippen LogP contribution in [0.1, 0.15) is 12.8 Å². The number of hydrogen-bond acceptors (Lipinski definition) is 1. The molecule has 1 aliphatic rings. The van der Waals surface area contributed by atoms with Gasteiger partial charge in [-0.25, -0.2) is 0 Å². The molecule has 1 saturated heterocycles. The molecule has 0 amide bonds. The van der Waals surface area contributed by atoms with Gasteiger partial charge in [0.25, 0.3) is 0 Å². The molecule has 0 aliphatic carbocycles. The molecule has 0 aromatic carbocycles. The van der Waals surface area contributed by atoms with Gasteiger partial charge in [0.15, 0.2) is 0 Å². The number of halogens is 1. The van der Waals surface area contributed by atoms with Crippen LogP contribution in [0.2, 0.25) is 0 Å². The number of alkyl halides is 1. The minimum absolute atomic E-state index is 0.909. The first-order valence-corrected chi connectivity index (χ1v) is 4.36. The summed E-state index contributed by atoms with van der Waals surface area (Å²) >= 11 is 2.53. The SMILES string of the molecule is CN1CCC[C@H](I)C1. The second-order valence-electron chi connectivity index (χ2n) is 2.50. The third kappa shape index (κ3) is 1.90. The standard InChI is InChI=1S/C6H12IN/c1-8-4-2-3-6(7)5-8/h6H,2-5H2,1H3/t6-/m0/s1. The van der Waals surface area contributed by atoms with Gasteiger partial charge in [-0.2, -0.15) is 0 Å². The summed E-state index contributed by atoms with van der Waals surface area (Å²) in [5.41, 5.74) is 0. The van der Waals surface area contributed by atoms with Gasteiger partial charge in [0.05, 0.1) is 0 Å². The number of likely N-dealkylation sites (tertiary alicyclic amines) is 1. The quantitative estimate of drug-likeness (QED) is 0.446. The van der Waals surface area contributed by atoms with Crippen LogP contribution in [-0.4, -0.2) is 29.0 Å². The van der Waals surface area contributed by atoms with E-state index in [1.807, 2.05) is 0 Å². The summed E-state index contributed by atoms with van der Waals surface area (Å²) in [7, 11) is 2.20. The van der Waals surface area contributed by atoms with Crippen molar-refractivity contribution in [3.05, 3.63) is 0 Å². The van der Waals surface area contributed by atoms with Gasteiger partial charge in [-0.15, -0.1) is 0 Å². The normalized spacial score (nSPS) is 33.0. The van der Waals surface area contributed by atoms with E-state index in [-0.39, 0.29) is 0 Å².